The molecule has 3 heterocycles. The minimum Gasteiger partial charge on any atom is -0.660 e. The fraction of sp³-hybridized carbons (Fsp3) is 0.556. The number of benzene rings is 1. The zero-order valence-corrected chi connectivity index (χ0v) is 20.6. The lowest BCUT2D eigenvalue weighted by atomic mass is 9.71. The molecule has 1 spiro atoms. The van der Waals surface area contributed by atoms with E-state index < -0.39 is 0 Å². The Morgan fingerprint density at radius 1 is 1.09 bits per heavy atom. The van der Waals surface area contributed by atoms with Crippen molar-refractivity contribution >= 4 is 29.2 Å². The van der Waals surface area contributed by atoms with Crippen LogP contribution in [0.25, 0.3) is 11.8 Å². The van der Waals surface area contributed by atoms with Crippen LogP contribution in [0.15, 0.2) is 36.0 Å². The van der Waals surface area contributed by atoms with Crippen molar-refractivity contribution in [2.24, 2.45) is 11.3 Å². The van der Waals surface area contributed by atoms with Gasteiger partial charge in [0.25, 0.3) is 0 Å². The molecule has 3 fully saturated rings. The van der Waals surface area contributed by atoms with Gasteiger partial charge in [-0.1, -0.05) is 25.2 Å². The van der Waals surface area contributed by atoms with E-state index in [1.54, 1.807) is 0 Å². The summed E-state index contributed by atoms with van der Waals surface area (Å²) < 4.78 is 0. The van der Waals surface area contributed by atoms with Gasteiger partial charge in [-0.3, -0.25) is 0 Å². The molecule has 3 aliphatic rings. The van der Waals surface area contributed by atoms with E-state index in [1.165, 1.54) is 62.9 Å². The first kappa shape index (κ1) is 23.1. The summed E-state index contributed by atoms with van der Waals surface area (Å²) in [6.07, 6.45) is 11.7. The maximum Gasteiger partial charge on any atom is 0.229 e. The molecule has 2 aromatic rings. The van der Waals surface area contributed by atoms with Crippen LogP contribution in [-0.2, 0) is 0 Å². The minimum absolute atomic E-state index is 0.0896. The van der Waals surface area contributed by atoms with E-state index in [4.69, 9.17) is 5.73 Å². The molecule has 3 N–H and O–H groups in total. The molecule has 182 valence electrons. The Balaban J connectivity index is 1.21. The van der Waals surface area contributed by atoms with Crippen LogP contribution >= 0.6 is 0 Å². The number of anilines is 4. The second-order valence-corrected chi connectivity index (χ2v) is 10.3. The summed E-state index contributed by atoms with van der Waals surface area (Å²) in [6.45, 7) is 7.11. The molecule has 1 saturated carbocycles. The zero-order valence-electron chi connectivity index (χ0n) is 20.6. The SMILES string of the molecule is CCC1C/C1=C\c1cnc(Nc2ccc(N3CCC4(CCN(C)CC4)CC3)cc2)nc1NC[NH-]. The second kappa shape index (κ2) is 9.92. The second-order valence-electron chi connectivity index (χ2n) is 10.3. The molecular formula is C27H38N7-. The topological polar surface area (TPSA) is 80.1 Å². The molecular weight excluding hydrogens is 422 g/mol. The van der Waals surface area contributed by atoms with Crippen LogP contribution < -0.4 is 15.5 Å². The number of nitrogens with one attached hydrogen (secondary N) is 3. The molecule has 5 rings (SSSR count). The van der Waals surface area contributed by atoms with Gasteiger partial charge in [0.1, 0.15) is 5.82 Å². The van der Waals surface area contributed by atoms with E-state index in [2.05, 4.69) is 74.7 Å². The van der Waals surface area contributed by atoms with Crippen molar-refractivity contribution in [2.75, 3.05) is 55.4 Å². The van der Waals surface area contributed by atoms with Crippen LogP contribution in [0.2, 0.25) is 0 Å². The largest absolute Gasteiger partial charge is 0.660 e. The van der Waals surface area contributed by atoms with Crippen LogP contribution in [0.3, 0.4) is 0 Å². The van der Waals surface area contributed by atoms with Gasteiger partial charge in [0.2, 0.25) is 5.95 Å². The van der Waals surface area contributed by atoms with Crippen LogP contribution in [-0.4, -0.2) is 54.8 Å². The van der Waals surface area contributed by atoms with Gasteiger partial charge >= 0.3 is 0 Å². The van der Waals surface area contributed by atoms with E-state index in [1.807, 2.05) is 6.20 Å². The first-order chi connectivity index (χ1) is 16.6. The van der Waals surface area contributed by atoms with E-state index in [-0.39, 0.29) is 6.67 Å². The molecule has 2 aliphatic heterocycles. The van der Waals surface area contributed by atoms with Gasteiger partial charge in [-0.2, -0.15) is 4.98 Å². The fourth-order valence-corrected chi connectivity index (χ4v) is 5.51. The molecule has 7 heteroatoms. The van der Waals surface area contributed by atoms with Gasteiger partial charge in [-0.25, -0.2) is 4.98 Å². The van der Waals surface area contributed by atoms with Crippen LogP contribution in [0, 0.1) is 11.3 Å². The lowest BCUT2D eigenvalue weighted by Crippen LogP contribution is -2.46. The normalized spacial score (nSPS) is 23.3. The van der Waals surface area contributed by atoms with Crippen molar-refractivity contribution < 1.29 is 0 Å². The summed E-state index contributed by atoms with van der Waals surface area (Å²) in [6, 6.07) is 8.63. The van der Waals surface area contributed by atoms with Crippen molar-refractivity contribution in [3.05, 3.63) is 47.3 Å². The summed E-state index contributed by atoms with van der Waals surface area (Å²) in [5.41, 5.74) is 12.8. The standard InChI is InChI=1S/C27H38N7/c1-3-20-16-21(20)17-22-18-29-26(32-25(22)30-19-28)31-23-4-6-24(7-5-23)34-14-10-27(11-15-34)8-12-33(2)13-9-27/h4-7,17-18,20,28H,3,8-16,19H2,1-2H3,(H2,29,30,31,32)/q-1/b21-17+. The summed E-state index contributed by atoms with van der Waals surface area (Å²) in [5.74, 6) is 1.97. The molecule has 0 amide bonds. The molecule has 1 aromatic carbocycles. The predicted octanol–water partition coefficient (Wildman–Crippen LogP) is 5.77. The molecule has 0 radical (unpaired) electrons. The number of piperidine rings is 2. The molecule has 1 aliphatic carbocycles. The number of likely N-dealkylation sites (tertiary alicyclic amines) is 1. The summed E-state index contributed by atoms with van der Waals surface area (Å²) in [5, 5.41) is 6.40. The maximum atomic E-state index is 7.58. The number of allylic oxidation sites excluding steroid dienone is 1. The molecule has 7 nitrogen and oxygen atoms in total. The average Bonchev–Trinajstić information content (AvgIpc) is 3.62. The van der Waals surface area contributed by atoms with Gasteiger partial charge in [-0.05, 0) is 94.3 Å². The number of hydrogen-bond donors (Lipinski definition) is 2. The third-order valence-electron chi connectivity index (χ3n) is 8.11. The van der Waals surface area contributed by atoms with Crippen molar-refractivity contribution in [3.8, 4) is 0 Å². The summed E-state index contributed by atoms with van der Waals surface area (Å²) in [4.78, 5) is 14.2. The lowest BCUT2D eigenvalue weighted by Gasteiger charge is -2.46. The van der Waals surface area contributed by atoms with Gasteiger partial charge in [0, 0.05) is 36.2 Å². The summed E-state index contributed by atoms with van der Waals surface area (Å²) >= 11 is 0. The van der Waals surface area contributed by atoms with E-state index in [0.29, 0.717) is 17.3 Å². The van der Waals surface area contributed by atoms with E-state index >= 15 is 0 Å². The highest BCUT2D eigenvalue weighted by Crippen LogP contribution is 2.43. The van der Waals surface area contributed by atoms with Gasteiger partial charge in [0.05, 0.1) is 0 Å². The van der Waals surface area contributed by atoms with Crippen LogP contribution in [0.4, 0.5) is 23.1 Å². The fourth-order valence-electron chi connectivity index (χ4n) is 5.51. The third-order valence-corrected chi connectivity index (χ3v) is 8.11. The minimum atomic E-state index is 0.0896. The molecule has 2 saturated heterocycles. The Kier molecular flexibility index (Phi) is 6.75. The smallest absolute Gasteiger partial charge is 0.229 e. The number of aromatic nitrogens is 2. The van der Waals surface area contributed by atoms with E-state index in [0.717, 1.165) is 30.2 Å². The highest BCUT2D eigenvalue weighted by atomic mass is 15.2. The predicted molar refractivity (Wildman–Crippen MR) is 142 cm³/mol. The summed E-state index contributed by atoms with van der Waals surface area (Å²) in [7, 11) is 2.25. The molecule has 1 aromatic heterocycles. The van der Waals surface area contributed by atoms with Crippen LogP contribution in [0.1, 0.15) is 51.0 Å². The van der Waals surface area contributed by atoms with Crippen molar-refractivity contribution in [1.29, 1.82) is 0 Å². The Bertz CT molecular complexity index is 998. The average molecular weight is 461 g/mol. The molecule has 34 heavy (non-hydrogen) atoms. The molecule has 1 unspecified atom stereocenters. The van der Waals surface area contributed by atoms with E-state index in [9.17, 15) is 0 Å². The lowest BCUT2D eigenvalue weighted by molar-refractivity contribution is 0.0945. The number of hydrogen-bond acceptors (Lipinski definition) is 6. The Morgan fingerprint density at radius 3 is 2.44 bits per heavy atom. The number of nitrogens with zero attached hydrogens (tertiary/aromatic N) is 4. The third kappa shape index (κ3) is 5.20. The monoisotopic (exact) mass is 460 g/mol. The van der Waals surface area contributed by atoms with Crippen molar-refractivity contribution in [1.82, 2.24) is 14.9 Å². The van der Waals surface area contributed by atoms with Gasteiger partial charge in [-0.15, -0.1) is 0 Å². The van der Waals surface area contributed by atoms with Crippen molar-refractivity contribution in [2.45, 2.75) is 45.4 Å². The maximum absolute atomic E-state index is 7.58. The Labute approximate surface area is 203 Å². The first-order valence-corrected chi connectivity index (χ1v) is 12.8. The molecule has 1 atom stereocenters. The molecule has 0 bridgehead atoms. The Hall–Kier alpha value is -2.64. The van der Waals surface area contributed by atoms with Gasteiger partial charge < -0.3 is 26.2 Å². The highest BCUT2D eigenvalue weighted by Gasteiger charge is 2.36. The zero-order chi connectivity index (χ0) is 23.5. The quantitative estimate of drug-likeness (QED) is 0.546. The van der Waals surface area contributed by atoms with Crippen LogP contribution in [0.5, 0.6) is 0 Å². The highest BCUT2D eigenvalue weighted by molar-refractivity contribution is 5.69. The number of rotatable bonds is 7. The Morgan fingerprint density at radius 2 is 1.79 bits per heavy atom. The van der Waals surface area contributed by atoms with Gasteiger partial charge in [0.15, 0.2) is 0 Å². The first-order valence-electron chi connectivity index (χ1n) is 12.8. The van der Waals surface area contributed by atoms with Crippen molar-refractivity contribution in [3.63, 3.8) is 0 Å².